The van der Waals surface area contributed by atoms with Crippen molar-refractivity contribution in [1.29, 1.82) is 0 Å². The number of fused-ring (bicyclic) bond motifs is 1. The molecule has 5 heterocycles. The molecule has 2 N–H and O–H groups in total. The van der Waals surface area contributed by atoms with Gasteiger partial charge in [-0.1, -0.05) is 22.7 Å². The lowest BCUT2D eigenvalue weighted by atomic mass is 9.79. The van der Waals surface area contributed by atoms with Crippen LogP contribution in [0.3, 0.4) is 0 Å². The van der Waals surface area contributed by atoms with E-state index in [4.69, 9.17) is 9.97 Å². The minimum Gasteiger partial charge on any atom is -0.348 e. The van der Waals surface area contributed by atoms with Gasteiger partial charge in [0.1, 0.15) is 5.01 Å². The Bertz CT molecular complexity index is 1140. The number of aromatic amines is 1. The summed E-state index contributed by atoms with van der Waals surface area (Å²) in [7, 11) is 2.17. The second-order valence-electron chi connectivity index (χ2n) is 9.61. The molecule has 4 aromatic heterocycles. The molecule has 9 heteroatoms. The fourth-order valence-electron chi connectivity index (χ4n) is 4.69. The van der Waals surface area contributed by atoms with Gasteiger partial charge in [0.05, 0.1) is 11.9 Å². The van der Waals surface area contributed by atoms with E-state index in [1.165, 1.54) is 0 Å². The van der Waals surface area contributed by atoms with E-state index >= 15 is 0 Å². The first-order valence-corrected chi connectivity index (χ1v) is 12.1. The number of rotatable bonds is 4. The summed E-state index contributed by atoms with van der Waals surface area (Å²) in [4.78, 5) is 18.7. The summed E-state index contributed by atoms with van der Waals surface area (Å²) >= 11 is 3.31. The maximum atomic E-state index is 4.93. The van der Waals surface area contributed by atoms with Gasteiger partial charge >= 0.3 is 0 Å². The number of anilines is 1. The first-order chi connectivity index (χ1) is 14.7. The average Bonchev–Trinajstić information content (AvgIpc) is 3.41. The van der Waals surface area contributed by atoms with Gasteiger partial charge in [-0.2, -0.15) is 5.10 Å². The van der Waals surface area contributed by atoms with Gasteiger partial charge in [-0.05, 0) is 52.7 Å². The number of piperidine rings is 1. The molecular formula is C22H27N7S2. The molecule has 0 unspecified atom stereocenters. The smallest absolute Gasteiger partial charge is 0.188 e. The van der Waals surface area contributed by atoms with Crippen molar-refractivity contribution in [2.45, 2.75) is 57.7 Å². The van der Waals surface area contributed by atoms with Gasteiger partial charge in [-0.25, -0.2) is 9.97 Å². The van der Waals surface area contributed by atoms with E-state index in [-0.39, 0.29) is 11.1 Å². The molecule has 1 aliphatic heterocycles. The van der Waals surface area contributed by atoms with E-state index < -0.39 is 0 Å². The van der Waals surface area contributed by atoms with Crippen molar-refractivity contribution < 1.29 is 0 Å². The van der Waals surface area contributed by atoms with Gasteiger partial charge in [-0.15, -0.1) is 0 Å². The van der Waals surface area contributed by atoms with Crippen molar-refractivity contribution in [1.82, 2.24) is 30.5 Å². The minimum absolute atomic E-state index is 0.107. The lowest BCUT2D eigenvalue weighted by Gasteiger charge is -2.48. The molecule has 1 saturated heterocycles. The van der Waals surface area contributed by atoms with Gasteiger partial charge in [0.25, 0.3) is 0 Å². The summed E-state index contributed by atoms with van der Waals surface area (Å²) < 4.78 is 0. The van der Waals surface area contributed by atoms with Crippen molar-refractivity contribution in [3.63, 3.8) is 0 Å². The highest BCUT2D eigenvalue weighted by Crippen LogP contribution is 2.39. The summed E-state index contributed by atoms with van der Waals surface area (Å²) in [6, 6.07) is 4.51. The zero-order valence-electron chi connectivity index (χ0n) is 18.4. The van der Waals surface area contributed by atoms with Crippen molar-refractivity contribution >= 4 is 37.5 Å². The van der Waals surface area contributed by atoms with E-state index in [9.17, 15) is 0 Å². The zero-order chi connectivity index (χ0) is 21.8. The molecule has 31 heavy (non-hydrogen) atoms. The monoisotopic (exact) mass is 453 g/mol. The van der Waals surface area contributed by atoms with Crippen molar-refractivity contribution in [3.05, 3.63) is 30.7 Å². The highest BCUT2D eigenvalue weighted by Gasteiger charge is 2.39. The SMILES string of the molecule is CN(c1nc2sc(-c3ccc(-c4cn[nH]c4)nc3)nc2s1)C1CC(C)(C)NC(C)(C)C1. The third-order valence-corrected chi connectivity index (χ3v) is 7.95. The van der Waals surface area contributed by atoms with Gasteiger partial charge < -0.3 is 10.2 Å². The normalized spacial score (nSPS) is 18.5. The maximum absolute atomic E-state index is 4.93. The molecule has 5 rings (SSSR count). The van der Waals surface area contributed by atoms with Crippen LogP contribution in [0, 0.1) is 0 Å². The summed E-state index contributed by atoms with van der Waals surface area (Å²) in [5.74, 6) is 0. The molecule has 162 valence electrons. The molecular weight excluding hydrogens is 426 g/mol. The predicted molar refractivity (Wildman–Crippen MR) is 129 cm³/mol. The Kier molecular flexibility index (Phi) is 4.87. The number of pyridine rings is 1. The van der Waals surface area contributed by atoms with Gasteiger partial charge in [-0.3, -0.25) is 10.1 Å². The Morgan fingerprint density at radius 3 is 2.32 bits per heavy atom. The topological polar surface area (TPSA) is 82.6 Å². The lowest BCUT2D eigenvalue weighted by molar-refractivity contribution is 0.161. The summed E-state index contributed by atoms with van der Waals surface area (Å²) in [5.41, 5.74) is 3.10. The molecule has 1 aliphatic rings. The minimum atomic E-state index is 0.107. The highest BCUT2D eigenvalue weighted by molar-refractivity contribution is 7.29. The van der Waals surface area contributed by atoms with E-state index in [1.807, 2.05) is 18.5 Å². The van der Waals surface area contributed by atoms with Crippen molar-refractivity contribution in [2.75, 3.05) is 11.9 Å². The van der Waals surface area contributed by atoms with Gasteiger partial charge in [0.2, 0.25) is 0 Å². The second kappa shape index (κ2) is 7.36. The summed E-state index contributed by atoms with van der Waals surface area (Å²) in [5, 5.41) is 12.6. The third-order valence-electron chi connectivity index (χ3n) is 5.79. The van der Waals surface area contributed by atoms with Crippen LogP contribution in [-0.2, 0) is 0 Å². The number of H-pyrrole nitrogens is 1. The molecule has 0 radical (unpaired) electrons. The van der Waals surface area contributed by atoms with E-state index in [1.54, 1.807) is 28.9 Å². The van der Waals surface area contributed by atoms with Crippen LogP contribution >= 0.6 is 22.7 Å². The van der Waals surface area contributed by atoms with Crippen LogP contribution in [0.5, 0.6) is 0 Å². The number of thiazole rings is 2. The summed E-state index contributed by atoms with van der Waals surface area (Å²) in [6.07, 6.45) is 7.67. The number of nitrogens with zero attached hydrogens (tertiary/aromatic N) is 5. The van der Waals surface area contributed by atoms with E-state index in [2.05, 4.69) is 66.2 Å². The zero-order valence-corrected chi connectivity index (χ0v) is 20.1. The van der Waals surface area contributed by atoms with Crippen LogP contribution in [0.1, 0.15) is 40.5 Å². The Labute approximate surface area is 190 Å². The first-order valence-electron chi connectivity index (χ1n) is 10.4. The fourth-order valence-corrected chi connectivity index (χ4v) is 6.75. The van der Waals surface area contributed by atoms with Gasteiger partial charge in [0.15, 0.2) is 14.8 Å². The van der Waals surface area contributed by atoms with Crippen LogP contribution in [-0.4, -0.2) is 49.3 Å². The number of nitrogens with one attached hydrogen (secondary N) is 2. The van der Waals surface area contributed by atoms with Crippen LogP contribution in [0.4, 0.5) is 5.13 Å². The third kappa shape index (κ3) is 4.09. The predicted octanol–water partition coefficient (Wildman–Crippen LogP) is 4.95. The molecule has 1 fully saturated rings. The molecule has 7 nitrogen and oxygen atoms in total. The number of hydrogen-bond donors (Lipinski definition) is 2. The second-order valence-corrected chi connectivity index (χ2v) is 11.5. The van der Waals surface area contributed by atoms with Gasteiger partial charge in [0, 0.05) is 47.7 Å². The van der Waals surface area contributed by atoms with Crippen LogP contribution in [0.15, 0.2) is 30.7 Å². The van der Waals surface area contributed by atoms with Crippen LogP contribution in [0.2, 0.25) is 0 Å². The fraction of sp³-hybridized carbons (Fsp3) is 0.455. The summed E-state index contributed by atoms with van der Waals surface area (Å²) in [6.45, 7) is 9.15. The number of aromatic nitrogens is 5. The lowest BCUT2D eigenvalue weighted by Crippen LogP contribution is -2.61. The molecule has 0 atom stereocenters. The Morgan fingerprint density at radius 2 is 1.71 bits per heavy atom. The van der Waals surface area contributed by atoms with E-state index in [0.29, 0.717) is 6.04 Å². The highest BCUT2D eigenvalue weighted by atomic mass is 32.1. The molecule has 0 aliphatic carbocycles. The Morgan fingerprint density at radius 1 is 0.968 bits per heavy atom. The molecule has 0 saturated carbocycles. The van der Waals surface area contributed by atoms with Crippen molar-refractivity contribution in [3.8, 4) is 21.8 Å². The van der Waals surface area contributed by atoms with E-state index in [0.717, 1.165) is 49.5 Å². The molecule has 0 amide bonds. The molecule has 4 aromatic rings. The average molecular weight is 454 g/mol. The van der Waals surface area contributed by atoms with Crippen molar-refractivity contribution in [2.24, 2.45) is 0 Å². The standard InChI is InChI=1S/C22H27N7S2/c1-21(2)8-15(9-22(3,4)28-21)29(5)20-27-19-18(31-20)26-17(30-19)13-6-7-16(23-10-13)14-11-24-25-12-14/h6-7,10-12,15,28H,8-9H2,1-5H3,(H,24,25). The Balaban J connectivity index is 1.37. The largest absolute Gasteiger partial charge is 0.348 e. The van der Waals surface area contributed by atoms with Crippen LogP contribution < -0.4 is 10.2 Å². The molecule has 0 aromatic carbocycles. The Hall–Kier alpha value is -2.36. The maximum Gasteiger partial charge on any atom is 0.188 e. The van der Waals surface area contributed by atoms with Crippen LogP contribution in [0.25, 0.3) is 31.5 Å². The molecule has 0 bridgehead atoms. The molecule has 0 spiro atoms. The quantitative estimate of drug-likeness (QED) is 0.455. The number of hydrogen-bond acceptors (Lipinski definition) is 8. The first kappa shape index (κ1) is 20.5.